The number of nitriles is 6. The summed E-state index contributed by atoms with van der Waals surface area (Å²) in [4.78, 5) is 0. The van der Waals surface area contributed by atoms with E-state index in [9.17, 15) is 0 Å². The number of rotatable bonds is 0. The van der Waals surface area contributed by atoms with E-state index >= 15 is 0 Å². The Bertz CT molecular complexity index is 103. The van der Waals surface area contributed by atoms with Gasteiger partial charge in [0.25, 0.3) is 0 Å². The van der Waals surface area contributed by atoms with Crippen LogP contribution in [0.4, 0.5) is 0 Å². The summed E-state index contributed by atoms with van der Waals surface area (Å²) in [6.07, 6.45) is 0. The van der Waals surface area contributed by atoms with Gasteiger partial charge in [0.05, 0.1) is 0 Å². The Labute approximate surface area is 154 Å². The molecule has 0 aliphatic rings. The average molecular weight is 313 g/mol. The fourth-order valence-electron chi connectivity index (χ4n) is 0. The third-order valence-electron chi connectivity index (χ3n) is 0. The Hall–Kier alpha value is -0.385. The summed E-state index contributed by atoms with van der Waals surface area (Å²) >= 11 is 0. The summed E-state index contributed by atoms with van der Waals surface area (Å²) in [5.74, 6) is 0. The van der Waals surface area contributed by atoms with Crippen molar-refractivity contribution in [2.24, 2.45) is 0 Å². The van der Waals surface area contributed by atoms with E-state index in [4.69, 9.17) is 31.6 Å². The SMILES string of the molecule is C#N.C#N.C#N.C#N.C#N.C#N.[Fe].[KH].[Mn]. The second-order valence-corrected chi connectivity index (χ2v) is 0. The smallest absolute Gasteiger partial charge is 0 e. The molecule has 0 aliphatic heterocycles. The molecule has 77 valence electrons. The first kappa shape index (κ1) is 85.9. The van der Waals surface area contributed by atoms with Gasteiger partial charge in [-0.2, -0.15) is 0 Å². The molecule has 0 saturated heterocycles. The molecule has 0 amide bonds. The van der Waals surface area contributed by atoms with Gasteiger partial charge in [-0.15, -0.1) is 0 Å². The molecule has 0 unspecified atom stereocenters. The topological polar surface area (TPSA) is 143 Å². The van der Waals surface area contributed by atoms with Crippen molar-refractivity contribution in [2.75, 3.05) is 0 Å². The number of nitrogens with zero attached hydrogens (tertiary/aromatic N) is 6. The molecule has 0 aromatic heterocycles. The van der Waals surface area contributed by atoms with E-state index in [1.807, 2.05) is 0 Å². The first-order valence-corrected chi connectivity index (χ1v) is 1.55. The van der Waals surface area contributed by atoms with E-state index in [0.717, 1.165) is 0 Å². The van der Waals surface area contributed by atoms with Crippen molar-refractivity contribution in [3.05, 3.63) is 0 Å². The van der Waals surface area contributed by atoms with Crippen molar-refractivity contribution in [1.82, 2.24) is 0 Å². The largest absolute Gasteiger partial charge is 0 e. The van der Waals surface area contributed by atoms with E-state index in [2.05, 4.69) is 39.4 Å². The average Bonchev–Trinajstić information content (AvgIpc) is 2.33. The zero-order valence-corrected chi connectivity index (χ0v) is 9.16. The Morgan fingerprint density at radius 1 is 0.400 bits per heavy atom. The van der Waals surface area contributed by atoms with Gasteiger partial charge in [-0.25, -0.2) is 31.6 Å². The maximum atomic E-state index is 6.50. The molecule has 0 saturated carbocycles. The predicted molar refractivity (Wildman–Crippen MR) is 47.2 cm³/mol. The molecule has 0 aromatic carbocycles. The molecule has 9 heteroatoms. The summed E-state index contributed by atoms with van der Waals surface area (Å²) in [5.41, 5.74) is 0. The first-order chi connectivity index (χ1) is 6.00. The minimum atomic E-state index is 0. The van der Waals surface area contributed by atoms with Gasteiger partial charge in [-0.1, -0.05) is 0 Å². The predicted octanol–water partition coefficient (Wildman–Crippen LogP) is 0.185. The van der Waals surface area contributed by atoms with Gasteiger partial charge in [0.1, 0.15) is 0 Å². The molecule has 0 bridgehead atoms. The van der Waals surface area contributed by atoms with E-state index < -0.39 is 0 Å². The molecule has 0 heterocycles. The van der Waals surface area contributed by atoms with Crippen molar-refractivity contribution >= 4 is 51.4 Å². The first-order valence-electron chi connectivity index (χ1n) is 1.55. The molecular weight excluding hydrogens is 306 g/mol. The zero-order valence-electron chi connectivity index (χ0n) is 6.88. The quantitative estimate of drug-likeness (QED) is 0.584. The number of hydrogen-bond acceptors (Lipinski definition) is 6. The van der Waals surface area contributed by atoms with Crippen LogP contribution in [0.2, 0.25) is 0 Å². The Kier molecular flexibility index (Phi) is 83900. The molecule has 0 aromatic rings. The molecule has 6 nitrogen and oxygen atoms in total. The Morgan fingerprint density at radius 2 is 0.400 bits per heavy atom. The van der Waals surface area contributed by atoms with Crippen LogP contribution in [-0.2, 0) is 34.1 Å². The van der Waals surface area contributed by atoms with Gasteiger partial charge in [0.15, 0.2) is 0 Å². The fourth-order valence-corrected chi connectivity index (χ4v) is 0. The van der Waals surface area contributed by atoms with Gasteiger partial charge in [-0.05, 0) is 0 Å². The van der Waals surface area contributed by atoms with Gasteiger partial charge >= 0.3 is 51.4 Å². The second kappa shape index (κ2) is 14600. The monoisotopic (exact) mass is 313 g/mol. The minimum Gasteiger partial charge on any atom is 0 e. The molecular formula is C6H7FeKMnN6. The normalized spacial score (nSPS) is 0.800. The van der Waals surface area contributed by atoms with Gasteiger partial charge in [0, 0.05) is 73.6 Å². The molecule has 0 fully saturated rings. The summed E-state index contributed by atoms with van der Waals surface area (Å²) in [6, 6.07) is 0. The van der Waals surface area contributed by atoms with Gasteiger partial charge in [0.2, 0.25) is 0 Å². The second-order valence-electron chi connectivity index (χ2n) is 0. The Morgan fingerprint density at radius 3 is 0.400 bits per heavy atom. The third-order valence-corrected chi connectivity index (χ3v) is 0. The molecule has 0 N–H and O–H groups in total. The van der Waals surface area contributed by atoms with E-state index in [0.29, 0.717) is 0 Å². The summed E-state index contributed by atoms with van der Waals surface area (Å²) in [7, 11) is 0. The standard InChI is InChI=1S/6CHN.Fe.K.Mn.H/c6*1-2;;;;/h6*1H;;;;. The van der Waals surface area contributed by atoms with E-state index in [1.54, 1.807) is 0 Å². The maximum Gasteiger partial charge on any atom is 0 e. The van der Waals surface area contributed by atoms with Crippen LogP contribution in [0.25, 0.3) is 0 Å². The van der Waals surface area contributed by atoms with Gasteiger partial charge in [-0.3, -0.25) is 0 Å². The van der Waals surface area contributed by atoms with E-state index in [-0.39, 0.29) is 85.5 Å². The molecule has 0 aliphatic carbocycles. The summed E-state index contributed by atoms with van der Waals surface area (Å²) in [5, 5.41) is 39.0. The van der Waals surface area contributed by atoms with Crippen LogP contribution in [0.3, 0.4) is 0 Å². The van der Waals surface area contributed by atoms with Crippen LogP contribution in [0, 0.1) is 71.0 Å². The van der Waals surface area contributed by atoms with Crippen LogP contribution in [-0.4, -0.2) is 51.4 Å². The third kappa shape index (κ3) is 12400. The van der Waals surface area contributed by atoms with Crippen LogP contribution in [0.15, 0.2) is 0 Å². The van der Waals surface area contributed by atoms with Crippen LogP contribution in [0.1, 0.15) is 0 Å². The van der Waals surface area contributed by atoms with Crippen LogP contribution in [0.5, 0.6) is 0 Å². The minimum absolute atomic E-state index is 0. The molecule has 1 radical (unpaired) electrons. The van der Waals surface area contributed by atoms with Crippen molar-refractivity contribution in [3.63, 3.8) is 0 Å². The maximum absolute atomic E-state index is 6.50. The zero-order chi connectivity index (χ0) is 12.0. The van der Waals surface area contributed by atoms with Crippen molar-refractivity contribution in [2.45, 2.75) is 0 Å². The van der Waals surface area contributed by atoms with E-state index in [1.165, 1.54) is 0 Å². The van der Waals surface area contributed by atoms with Crippen molar-refractivity contribution < 1.29 is 34.1 Å². The molecule has 15 heavy (non-hydrogen) atoms. The van der Waals surface area contributed by atoms with Crippen LogP contribution < -0.4 is 0 Å². The Balaban J connectivity index is -0.00000000396. The molecule has 0 rings (SSSR count). The van der Waals surface area contributed by atoms with Gasteiger partial charge < -0.3 is 0 Å². The van der Waals surface area contributed by atoms with Crippen LogP contribution >= 0.6 is 0 Å². The summed E-state index contributed by atoms with van der Waals surface area (Å²) in [6.45, 7) is 21.0. The molecule has 0 atom stereocenters. The van der Waals surface area contributed by atoms with Crippen molar-refractivity contribution in [1.29, 1.82) is 31.6 Å². The summed E-state index contributed by atoms with van der Waals surface area (Å²) < 4.78 is 0. The van der Waals surface area contributed by atoms with Crippen molar-refractivity contribution in [3.8, 4) is 39.4 Å². The fraction of sp³-hybridized carbons (Fsp3) is 0. The number of hydrogen-bond donors (Lipinski definition) is 0. The molecule has 0 spiro atoms.